The van der Waals surface area contributed by atoms with Crippen LogP contribution in [0.1, 0.15) is 11.1 Å². The molecule has 1 N–H and O–H groups in total. The molecule has 0 bridgehead atoms. The third-order valence-electron chi connectivity index (χ3n) is 4.87. The van der Waals surface area contributed by atoms with Gasteiger partial charge in [0.05, 0.1) is 5.75 Å². The number of carbonyl (C=O) groups excluding carboxylic acids is 1. The van der Waals surface area contributed by atoms with Crippen molar-refractivity contribution in [2.75, 3.05) is 11.1 Å². The Hall–Kier alpha value is -2.80. The van der Waals surface area contributed by atoms with E-state index < -0.39 is 0 Å². The van der Waals surface area contributed by atoms with Gasteiger partial charge in [0.25, 0.3) is 0 Å². The SMILES string of the molecule is Cc1cccc(-c2nnc(SCC(=O)Nc3cccc(Cl)c3C)n2-c2ccc(Cl)cc2)c1. The number of benzene rings is 3. The second-order valence-electron chi connectivity index (χ2n) is 7.24. The van der Waals surface area contributed by atoms with Crippen LogP contribution in [0.4, 0.5) is 5.69 Å². The quantitative estimate of drug-likeness (QED) is 0.315. The summed E-state index contributed by atoms with van der Waals surface area (Å²) in [5.74, 6) is 0.721. The molecule has 0 aliphatic carbocycles. The van der Waals surface area contributed by atoms with Crippen molar-refractivity contribution in [3.63, 3.8) is 0 Å². The molecule has 0 radical (unpaired) electrons. The Morgan fingerprint density at radius 1 is 1.00 bits per heavy atom. The molecular weight excluding hydrogens is 463 g/mol. The number of nitrogens with one attached hydrogen (secondary N) is 1. The lowest BCUT2D eigenvalue weighted by Gasteiger charge is -2.12. The fourth-order valence-corrected chi connectivity index (χ4v) is 4.27. The first-order valence-corrected chi connectivity index (χ1v) is 11.6. The molecule has 4 rings (SSSR count). The summed E-state index contributed by atoms with van der Waals surface area (Å²) < 4.78 is 1.94. The van der Waals surface area contributed by atoms with Gasteiger partial charge in [0.15, 0.2) is 11.0 Å². The van der Waals surface area contributed by atoms with Gasteiger partial charge < -0.3 is 5.32 Å². The molecule has 0 unspecified atom stereocenters. The highest BCUT2D eigenvalue weighted by atomic mass is 35.5. The van der Waals surface area contributed by atoms with Crippen molar-refractivity contribution in [3.8, 4) is 17.1 Å². The van der Waals surface area contributed by atoms with Crippen LogP contribution in [0.3, 0.4) is 0 Å². The number of rotatable bonds is 6. The molecule has 0 saturated carbocycles. The lowest BCUT2D eigenvalue weighted by atomic mass is 10.1. The van der Waals surface area contributed by atoms with Gasteiger partial charge in [-0.3, -0.25) is 9.36 Å². The summed E-state index contributed by atoms with van der Waals surface area (Å²) in [6.07, 6.45) is 0. The van der Waals surface area contributed by atoms with E-state index >= 15 is 0 Å². The molecule has 162 valence electrons. The molecule has 0 atom stereocenters. The minimum atomic E-state index is -0.150. The maximum atomic E-state index is 12.6. The Morgan fingerprint density at radius 3 is 2.50 bits per heavy atom. The molecule has 1 amide bonds. The van der Waals surface area contributed by atoms with Crippen molar-refractivity contribution in [3.05, 3.63) is 87.9 Å². The van der Waals surface area contributed by atoms with Crippen molar-refractivity contribution >= 4 is 46.6 Å². The minimum Gasteiger partial charge on any atom is -0.325 e. The molecule has 8 heteroatoms. The Morgan fingerprint density at radius 2 is 1.75 bits per heavy atom. The number of hydrogen-bond acceptors (Lipinski definition) is 4. The number of thioether (sulfide) groups is 1. The molecule has 3 aromatic carbocycles. The van der Waals surface area contributed by atoms with E-state index in [0.29, 0.717) is 26.7 Å². The van der Waals surface area contributed by atoms with Gasteiger partial charge >= 0.3 is 0 Å². The second kappa shape index (κ2) is 9.77. The van der Waals surface area contributed by atoms with Crippen molar-refractivity contribution in [2.24, 2.45) is 0 Å². The lowest BCUT2D eigenvalue weighted by Crippen LogP contribution is -2.15. The van der Waals surface area contributed by atoms with E-state index in [1.807, 2.05) is 73.0 Å². The van der Waals surface area contributed by atoms with Gasteiger partial charge in [-0.2, -0.15) is 0 Å². The Labute approximate surface area is 200 Å². The van der Waals surface area contributed by atoms with Crippen LogP contribution in [-0.4, -0.2) is 26.4 Å². The Balaban J connectivity index is 1.61. The molecule has 0 aliphatic heterocycles. The van der Waals surface area contributed by atoms with Gasteiger partial charge in [-0.1, -0.05) is 64.8 Å². The van der Waals surface area contributed by atoms with Gasteiger partial charge in [0.2, 0.25) is 5.91 Å². The first-order valence-electron chi connectivity index (χ1n) is 9.88. The zero-order valence-electron chi connectivity index (χ0n) is 17.5. The molecule has 0 spiro atoms. The van der Waals surface area contributed by atoms with Gasteiger partial charge in [0, 0.05) is 27.0 Å². The van der Waals surface area contributed by atoms with Crippen LogP contribution in [0.25, 0.3) is 17.1 Å². The van der Waals surface area contributed by atoms with Gasteiger partial charge in [-0.25, -0.2) is 0 Å². The number of nitrogens with zero attached hydrogens (tertiary/aromatic N) is 3. The van der Waals surface area contributed by atoms with E-state index in [2.05, 4.69) is 21.6 Å². The first kappa shape index (κ1) is 22.4. The monoisotopic (exact) mass is 482 g/mol. The Bertz CT molecular complexity index is 1270. The predicted molar refractivity (Wildman–Crippen MR) is 132 cm³/mol. The summed E-state index contributed by atoms with van der Waals surface area (Å²) in [6, 6.07) is 21.0. The number of halogens is 2. The van der Waals surface area contributed by atoms with Crippen molar-refractivity contribution in [1.82, 2.24) is 14.8 Å². The molecular formula is C24H20Cl2N4OS. The van der Waals surface area contributed by atoms with Crippen LogP contribution in [0.2, 0.25) is 10.0 Å². The largest absolute Gasteiger partial charge is 0.325 e. The van der Waals surface area contributed by atoms with Gasteiger partial charge in [-0.05, 0) is 61.9 Å². The van der Waals surface area contributed by atoms with Crippen LogP contribution >= 0.6 is 35.0 Å². The molecule has 32 heavy (non-hydrogen) atoms. The van der Waals surface area contributed by atoms with Crippen molar-refractivity contribution in [1.29, 1.82) is 0 Å². The number of aromatic nitrogens is 3. The highest BCUT2D eigenvalue weighted by Crippen LogP contribution is 2.29. The van der Waals surface area contributed by atoms with E-state index in [9.17, 15) is 4.79 Å². The van der Waals surface area contributed by atoms with E-state index in [1.165, 1.54) is 11.8 Å². The van der Waals surface area contributed by atoms with Crippen LogP contribution < -0.4 is 5.32 Å². The molecule has 0 aliphatic rings. The minimum absolute atomic E-state index is 0.150. The number of carbonyl (C=O) groups is 1. The van der Waals surface area contributed by atoms with Crippen LogP contribution in [0, 0.1) is 13.8 Å². The molecule has 0 fully saturated rings. The topological polar surface area (TPSA) is 59.8 Å². The van der Waals surface area contributed by atoms with Crippen LogP contribution in [0.5, 0.6) is 0 Å². The van der Waals surface area contributed by atoms with Crippen LogP contribution in [0.15, 0.2) is 71.9 Å². The average Bonchev–Trinajstić information content (AvgIpc) is 3.20. The standard InChI is InChI=1S/C24H20Cl2N4OS/c1-15-5-3-6-17(13-15)23-28-29-24(30(23)19-11-9-18(25)10-12-19)32-14-22(31)27-21-8-4-7-20(26)16(21)2/h3-13H,14H2,1-2H3,(H,27,31). The van der Waals surface area contributed by atoms with E-state index in [-0.39, 0.29) is 11.7 Å². The first-order chi connectivity index (χ1) is 15.4. The zero-order valence-corrected chi connectivity index (χ0v) is 19.8. The summed E-state index contributed by atoms with van der Waals surface area (Å²) in [5.41, 5.74) is 4.46. The second-order valence-corrected chi connectivity index (χ2v) is 9.02. The highest BCUT2D eigenvalue weighted by Gasteiger charge is 2.18. The molecule has 0 saturated heterocycles. The van der Waals surface area contributed by atoms with Crippen molar-refractivity contribution < 1.29 is 4.79 Å². The third-order valence-corrected chi connectivity index (χ3v) is 6.46. The van der Waals surface area contributed by atoms with Crippen LogP contribution in [-0.2, 0) is 4.79 Å². The van der Waals surface area contributed by atoms with Crippen molar-refractivity contribution in [2.45, 2.75) is 19.0 Å². The summed E-state index contributed by atoms with van der Waals surface area (Å²) in [6.45, 7) is 3.90. The number of amides is 1. The fourth-order valence-electron chi connectivity index (χ4n) is 3.22. The molecule has 1 heterocycles. The summed E-state index contributed by atoms with van der Waals surface area (Å²) in [4.78, 5) is 12.6. The molecule has 5 nitrogen and oxygen atoms in total. The smallest absolute Gasteiger partial charge is 0.234 e. The Kier molecular flexibility index (Phi) is 6.84. The summed E-state index contributed by atoms with van der Waals surface area (Å²) >= 11 is 13.6. The summed E-state index contributed by atoms with van der Waals surface area (Å²) in [7, 11) is 0. The highest BCUT2D eigenvalue weighted by molar-refractivity contribution is 7.99. The number of anilines is 1. The normalized spacial score (nSPS) is 10.9. The van der Waals surface area contributed by atoms with E-state index in [4.69, 9.17) is 23.2 Å². The molecule has 1 aromatic heterocycles. The number of aryl methyl sites for hydroxylation is 1. The zero-order chi connectivity index (χ0) is 22.7. The fraction of sp³-hybridized carbons (Fsp3) is 0.125. The molecule has 4 aromatic rings. The average molecular weight is 483 g/mol. The predicted octanol–water partition coefficient (Wildman–Crippen LogP) is 6.59. The van der Waals surface area contributed by atoms with Gasteiger partial charge in [-0.15, -0.1) is 10.2 Å². The van der Waals surface area contributed by atoms with E-state index in [1.54, 1.807) is 6.07 Å². The maximum Gasteiger partial charge on any atom is 0.234 e. The van der Waals surface area contributed by atoms with E-state index in [0.717, 1.165) is 22.4 Å². The van der Waals surface area contributed by atoms with Gasteiger partial charge in [0.1, 0.15) is 0 Å². The number of hydrogen-bond donors (Lipinski definition) is 1. The lowest BCUT2D eigenvalue weighted by molar-refractivity contribution is -0.113. The summed E-state index contributed by atoms with van der Waals surface area (Å²) in [5, 5.41) is 13.6. The third kappa shape index (κ3) is 4.99. The maximum absolute atomic E-state index is 12.6.